The van der Waals surface area contributed by atoms with Gasteiger partial charge in [-0.05, 0) is 12.5 Å². The van der Waals surface area contributed by atoms with Crippen molar-refractivity contribution in [2.75, 3.05) is 32.1 Å². The van der Waals surface area contributed by atoms with E-state index in [1.807, 2.05) is 49.0 Å². The van der Waals surface area contributed by atoms with Crippen LogP contribution in [-0.4, -0.2) is 54.1 Å². The zero-order chi connectivity index (χ0) is 17.8. The highest BCUT2D eigenvalue weighted by Gasteiger charge is 2.28. The van der Waals surface area contributed by atoms with E-state index in [9.17, 15) is 4.79 Å². The topological polar surface area (TPSA) is 58.6 Å². The van der Waals surface area contributed by atoms with Crippen LogP contribution in [0.1, 0.15) is 17.5 Å². The van der Waals surface area contributed by atoms with E-state index in [2.05, 4.69) is 16.0 Å². The molecule has 0 bridgehead atoms. The van der Waals surface area contributed by atoms with E-state index in [1.165, 1.54) is 5.56 Å². The number of carbonyl (C=O) groups is 1. The fourth-order valence-electron chi connectivity index (χ4n) is 3.03. The number of likely N-dealkylation sites (tertiary alicyclic amines) is 1. The Kier molecular flexibility index (Phi) is 5.16. The molecule has 0 aliphatic carbocycles. The maximum Gasteiger partial charge on any atom is 0.257 e. The first kappa shape index (κ1) is 17.2. The first-order valence-electron chi connectivity index (χ1n) is 8.51. The maximum atomic E-state index is 12.5. The van der Waals surface area contributed by atoms with Crippen LogP contribution in [0.3, 0.4) is 0 Å². The molecule has 1 saturated heterocycles. The molecule has 6 nitrogen and oxygen atoms in total. The lowest BCUT2D eigenvalue weighted by Gasteiger charge is -2.19. The highest BCUT2D eigenvalue weighted by atomic mass is 16.5. The Morgan fingerprint density at radius 3 is 2.88 bits per heavy atom. The summed E-state index contributed by atoms with van der Waals surface area (Å²) in [6.45, 7) is 3.35. The molecule has 1 atom stereocenters. The molecule has 1 fully saturated rings. The van der Waals surface area contributed by atoms with Crippen molar-refractivity contribution in [3.05, 3.63) is 47.8 Å². The van der Waals surface area contributed by atoms with Gasteiger partial charge >= 0.3 is 0 Å². The number of rotatable bonds is 5. The molecule has 132 valence electrons. The van der Waals surface area contributed by atoms with E-state index in [0.29, 0.717) is 31.2 Å². The van der Waals surface area contributed by atoms with Crippen molar-refractivity contribution >= 4 is 11.7 Å². The molecule has 1 unspecified atom stereocenters. The minimum atomic E-state index is -0.0446. The van der Waals surface area contributed by atoms with Crippen molar-refractivity contribution < 1.29 is 9.53 Å². The highest BCUT2D eigenvalue weighted by Crippen LogP contribution is 2.24. The molecule has 1 aromatic carbocycles. The van der Waals surface area contributed by atoms with Gasteiger partial charge < -0.3 is 14.5 Å². The van der Waals surface area contributed by atoms with Gasteiger partial charge in [-0.2, -0.15) is 0 Å². The zero-order valence-electron chi connectivity index (χ0n) is 15.0. The van der Waals surface area contributed by atoms with Crippen molar-refractivity contribution in [2.24, 2.45) is 0 Å². The maximum absolute atomic E-state index is 12.5. The van der Waals surface area contributed by atoms with Crippen LogP contribution in [0.15, 0.2) is 36.7 Å². The van der Waals surface area contributed by atoms with Gasteiger partial charge in [0.2, 0.25) is 5.91 Å². The molecule has 3 rings (SSSR count). The second-order valence-corrected chi connectivity index (χ2v) is 6.61. The SMILES string of the molecule is Cc1cccc(CC(=O)N2CCC(Oc3nccnc3N(C)C)C2)c1. The Morgan fingerprint density at radius 2 is 2.12 bits per heavy atom. The lowest BCUT2D eigenvalue weighted by Crippen LogP contribution is -2.32. The van der Waals surface area contributed by atoms with Crippen molar-refractivity contribution in [3.8, 4) is 5.88 Å². The monoisotopic (exact) mass is 340 g/mol. The van der Waals surface area contributed by atoms with Gasteiger partial charge in [-0.25, -0.2) is 9.97 Å². The Labute approximate surface area is 148 Å². The standard InChI is InChI=1S/C19H24N4O2/c1-14-5-4-6-15(11-14)12-17(24)23-10-7-16(13-23)25-19-18(22(2)3)20-8-9-21-19/h4-6,8-9,11,16H,7,10,12-13H2,1-3H3. The molecule has 2 aromatic rings. The third-order valence-electron chi connectivity index (χ3n) is 4.28. The van der Waals surface area contributed by atoms with Crippen LogP contribution in [-0.2, 0) is 11.2 Å². The first-order valence-corrected chi connectivity index (χ1v) is 8.51. The van der Waals surface area contributed by atoms with E-state index in [0.717, 1.165) is 12.0 Å². The quantitative estimate of drug-likeness (QED) is 0.834. The van der Waals surface area contributed by atoms with Crippen LogP contribution in [0.4, 0.5) is 5.82 Å². The molecule has 25 heavy (non-hydrogen) atoms. The van der Waals surface area contributed by atoms with E-state index < -0.39 is 0 Å². The number of carbonyl (C=O) groups excluding carboxylic acids is 1. The molecule has 1 aliphatic rings. The lowest BCUT2D eigenvalue weighted by atomic mass is 10.1. The van der Waals surface area contributed by atoms with Gasteiger partial charge in [0, 0.05) is 39.5 Å². The minimum absolute atomic E-state index is 0.0446. The molecule has 2 heterocycles. The van der Waals surface area contributed by atoms with Crippen molar-refractivity contribution in [1.82, 2.24) is 14.9 Å². The van der Waals surface area contributed by atoms with Crippen molar-refractivity contribution in [1.29, 1.82) is 0 Å². The number of hydrogen-bond acceptors (Lipinski definition) is 5. The minimum Gasteiger partial charge on any atom is -0.470 e. The molecule has 1 aromatic heterocycles. The normalized spacial score (nSPS) is 16.8. The van der Waals surface area contributed by atoms with E-state index in [-0.39, 0.29) is 12.0 Å². The summed E-state index contributed by atoms with van der Waals surface area (Å²) in [7, 11) is 3.81. The molecule has 0 saturated carbocycles. The number of nitrogens with zero attached hydrogens (tertiary/aromatic N) is 4. The van der Waals surface area contributed by atoms with Gasteiger partial charge in [-0.1, -0.05) is 29.8 Å². The molecular weight excluding hydrogens is 316 g/mol. The summed E-state index contributed by atoms with van der Waals surface area (Å²) in [5.41, 5.74) is 2.23. The number of ether oxygens (including phenoxy) is 1. The summed E-state index contributed by atoms with van der Waals surface area (Å²) in [6, 6.07) is 8.09. The van der Waals surface area contributed by atoms with E-state index >= 15 is 0 Å². The number of benzene rings is 1. The van der Waals surface area contributed by atoms with Gasteiger partial charge in [0.1, 0.15) is 6.10 Å². The summed E-state index contributed by atoms with van der Waals surface area (Å²) < 4.78 is 6.01. The second kappa shape index (κ2) is 7.51. The van der Waals surface area contributed by atoms with Gasteiger partial charge in [0.05, 0.1) is 13.0 Å². The highest BCUT2D eigenvalue weighted by molar-refractivity contribution is 5.79. The number of hydrogen-bond donors (Lipinski definition) is 0. The summed E-state index contributed by atoms with van der Waals surface area (Å²) in [5, 5.41) is 0. The fraction of sp³-hybridized carbons (Fsp3) is 0.421. The molecular formula is C19H24N4O2. The van der Waals surface area contributed by atoms with Crippen LogP contribution in [0, 0.1) is 6.92 Å². The summed E-state index contributed by atoms with van der Waals surface area (Å²) >= 11 is 0. The van der Waals surface area contributed by atoms with Crippen LogP contribution < -0.4 is 9.64 Å². The molecule has 6 heteroatoms. The second-order valence-electron chi connectivity index (χ2n) is 6.61. The van der Waals surface area contributed by atoms with Gasteiger partial charge in [-0.3, -0.25) is 4.79 Å². The number of aryl methyl sites for hydroxylation is 1. The predicted molar refractivity (Wildman–Crippen MR) is 96.9 cm³/mol. The Bertz CT molecular complexity index is 748. The first-order chi connectivity index (χ1) is 12.0. The van der Waals surface area contributed by atoms with Crippen molar-refractivity contribution in [2.45, 2.75) is 25.9 Å². The average molecular weight is 340 g/mol. The smallest absolute Gasteiger partial charge is 0.257 e. The van der Waals surface area contributed by atoms with Crippen LogP contribution in [0.5, 0.6) is 5.88 Å². The summed E-state index contributed by atoms with van der Waals surface area (Å²) in [4.78, 5) is 24.9. The zero-order valence-corrected chi connectivity index (χ0v) is 15.0. The van der Waals surface area contributed by atoms with E-state index in [1.54, 1.807) is 12.4 Å². The third-order valence-corrected chi connectivity index (χ3v) is 4.28. The molecule has 0 radical (unpaired) electrons. The van der Waals surface area contributed by atoms with E-state index in [4.69, 9.17) is 4.74 Å². The Morgan fingerprint density at radius 1 is 1.32 bits per heavy atom. The van der Waals surface area contributed by atoms with Crippen LogP contribution >= 0.6 is 0 Å². The largest absolute Gasteiger partial charge is 0.470 e. The summed E-state index contributed by atoms with van der Waals surface area (Å²) in [5.74, 6) is 1.36. The van der Waals surface area contributed by atoms with Gasteiger partial charge in [0.25, 0.3) is 5.88 Å². The lowest BCUT2D eigenvalue weighted by molar-refractivity contribution is -0.129. The third kappa shape index (κ3) is 4.26. The molecule has 0 N–H and O–H groups in total. The Balaban J connectivity index is 1.59. The van der Waals surface area contributed by atoms with Gasteiger partial charge in [0.15, 0.2) is 5.82 Å². The van der Waals surface area contributed by atoms with Crippen LogP contribution in [0.2, 0.25) is 0 Å². The van der Waals surface area contributed by atoms with Crippen molar-refractivity contribution in [3.63, 3.8) is 0 Å². The summed E-state index contributed by atoms with van der Waals surface area (Å²) in [6.07, 6.45) is 4.47. The Hall–Kier alpha value is -2.63. The predicted octanol–water partition coefficient (Wildman–Crippen LogP) is 2.07. The van der Waals surface area contributed by atoms with Crippen LogP contribution in [0.25, 0.3) is 0 Å². The van der Waals surface area contributed by atoms with Gasteiger partial charge in [-0.15, -0.1) is 0 Å². The number of anilines is 1. The molecule has 1 amide bonds. The molecule has 0 spiro atoms. The number of aromatic nitrogens is 2. The fourth-order valence-corrected chi connectivity index (χ4v) is 3.03. The number of amides is 1. The average Bonchev–Trinajstić information content (AvgIpc) is 3.04. The molecule has 1 aliphatic heterocycles.